The summed E-state index contributed by atoms with van der Waals surface area (Å²) in [6.45, 7) is 9.12. The van der Waals surface area contributed by atoms with Gasteiger partial charge in [0.05, 0.1) is 6.10 Å². The molecule has 2 aliphatic rings. The highest BCUT2D eigenvalue weighted by Crippen LogP contribution is 2.16. The van der Waals surface area contributed by atoms with Gasteiger partial charge in [0.1, 0.15) is 0 Å². The Hall–Kier alpha value is 0.170. The number of hydrogen-bond acceptors (Lipinski definition) is 3. The molecule has 0 aromatic heterocycles. The van der Waals surface area contributed by atoms with Gasteiger partial charge in [0.2, 0.25) is 0 Å². The van der Waals surface area contributed by atoms with E-state index in [1.165, 1.54) is 38.9 Å². The molecule has 2 aliphatic heterocycles. The van der Waals surface area contributed by atoms with Crippen molar-refractivity contribution >= 4 is 12.4 Å². The van der Waals surface area contributed by atoms with Crippen molar-refractivity contribution in [2.75, 3.05) is 26.2 Å². The van der Waals surface area contributed by atoms with E-state index in [1.54, 1.807) is 0 Å². The van der Waals surface area contributed by atoms with Crippen molar-refractivity contribution in [3.05, 3.63) is 0 Å². The first-order valence-electron chi connectivity index (χ1n) is 6.34. The Kier molecular flexibility index (Phi) is 6.05. The fourth-order valence-corrected chi connectivity index (χ4v) is 2.82. The molecule has 3 nitrogen and oxygen atoms in total. The van der Waals surface area contributed by atoms with E-state index >= 15 is 0 Å². The molecule has 0 radical (unpaired) electrons. The number of nitrogens with zero attached hydrogens (tertiary/aromatic N) is 1. The standard InChI is InChI=1S/C12H24N2O.ClH/c1-10-8-14(9-11(2)13-10)6-5-12-4-3-7-15-12;/h10-13H,3-9H2,1-2H3;1H. The van der Waals surface area contributed by atoms with Crippen LogP contribution >= 0.6 is 12.4 Å². The number of ether oxygens (including phenoxy) is 1. The lowest BCUT2D eigenvalue weighted by Crippen LogP contribution is -2.54. The fourth-order valence-electron chi connectivity index (χ4n) is 2.82. The van der Waals surface area contributed by atoms with Gasteiger partial charge in [-0.3, -0.25) is 0 Å². The first kappa shape index (κ1) is 14.2. The SMILES string of the molecule is CC1CN(CCC2CCCO2)CC(C)N1.Cl. The predicted molar refractivity (Wildman–Crippen MR) is 69.3 cm³/mol. The maximum absolute atomic E-state index is 5.66. The lowest BCUT2D eigenvalue weighted by molar-refractivity contribution is 0.0832. The topological polar surface area (TPSA) is 24.5 Å². The van der Waals surface area contributed by atoms with Crippen LogP contribution in [0.5, 0.6) is 0 Å². The molecule has 0 aromatic carbocycles. The first-order valence-corrected chi connectivity index (χ1v) is 6.34. The summed E-state index contributed by atoms with van der Waals surface area (Å²) in [4.78, 5) is 2.58. The minimum absolute atomic E-state index is 0. The van der Waals surface area contributed by atoms with Gasteiger partial charge < -0.3 is 15.0 Å². The van der Waals surface area contributed by atoms with E-state index in [9.17, 15) is 0 Å². The molecule has 0 aromatic rings. The summed E-state index contributed by atoms with van der Waals surface area (Å²) in [5, 5.41) is 3.56. The second-order valence-electron chi connectivity index (χ2n) is 5.15. The molecule has 0 saturated carbocycles. The monoisotopic (exact) mass is 248 g/mol. The third-order valence-corrected chi connectivity index (χ3v) is 3.42. The molecule has 0 bridgehead atoms. The van der Waals surface area contributed by atoms with Gasteiger partial charge in [-0.15, -0.1) is 12.4 Å². The van der Waals surface area contributed by atoms with E-state index in [-0.39, 0.29) is 12.4 Å². The van der Waals surface area contributed by atoms with Crippen LogP contribution in [-0.4, -0.2) is 49.3 Å². The van der Waals surface area contributed by atoms with E-state index in [1.807, 2.05) is 0 Å². The van der Waals surface area contributed by atoms with Crippen molar-refractivity contribution in [3.63, 3.8) is 0 Å². The van der Waals surface area contributed by atoms with Crippen LogP contribution < -0.4 is 5.32 Å². The smallest absolute Gasteiger partial charge is 0.0588 e. The molecule has 2 saturated heterocycles. The van der Waals surface area contributed by atoms with Crippen LogP contribution in [0.15, 0.2) is 0 Å². The molecule has 16 heavy (non-hydrogen) atoms. The van der Waals surface area contributed by atoms with E-state index in [0.717, 1.165) is 6.61 Å². The van der Waals surface area contributed by atoms with Crippen molar-refractivity contribution in [3.8, 4) is 0 Å². The van der Waals surface area contributed by atoms with E-state index in [2.05, 4.69) is 24.1 Å². The Labute approximate surface area is 105 Å². The van der Waals surface area contributed by atoms with Crippen LogP contribution in [-0.2, 0) is 4.74 Å². The first-order chi connectivity index (χ1) is 7.24. The Morgan fingerprint density at radius 1 is 1.25 bits per heavy atom. The molecule has 3 atom stereocenters. The molecular weight excluding hydrogens is 224 g/mol. The van der Waals surface area contributed by atoms with Gasteiger partial charge in [0, 0.05) is 38.3 Å². The summed E-state index contributed by atoms with van der Waals surface area (Å²) in [7, 11) is 0. The molecule has 0 aliphatic carbocycles. The zero-order valence-electron chi connectivity index (χ0n) is 10.4. The highest BCUT2D eigenvalue weighted by molar-refractivity contribution is 5.85. The van der Waals surface area contributed by atoms with Crippen molar-refractivity contribution in [2.24, 2.45) is 0 Å². The third kappa shape index (κ3) is 4.21. The van der Waals surface area contributed by atoms with Gasteiger partial charge in [0.25, 0.3) is 0 Å². The van der Waals surface area contributed by atoms with Gasteiger partial charge in [0.15, 0.2) is 0 Å². The maximum atomic E-state index is 5.66. The van der Waals surface area contributed by atoms with Gasteiger partial charge in [-0.05, 0) is 33.1 Å². The molecule has 0 amide bonds. The van der Waals surface area contributed by atoms with E-state index in [0.29, 0.717) is 18.2 Å². The summed E-state index contributed by atoms with van der Waals surface area (Å²) < 4.78 is 5.66. The summed E-state index contributed by atoms with van der Waals surface area (Å²) in [6.07, 6.45) is 4.31. The minimum atomic E-state index is 0. The Balaban J connectivity index is 0.00000128. The predicted octanol–water partition coefficient (Wildman–Crippen LogP) is 1.66. The molecule has 4 heteroatoms. The molecule has 3 unspecified atom stereocenters. The average Bonchev–Trinajstić information content (AvgIpc) is 2.65. The quantitative estimate of drug-likeness (QED) is 0.822. The summed E-state index contributed by atoms with van der Waals surface area (Å²) in [5.41, 5.74) is 0. The maximum Gasteiger partial charge on any atom is 0.0588 e. The molecular formula is C12H25ClN2O. The zero-order chi connectivity index (χ0) is 10.7. The van der Waals surface area contributed by atoms with Gasteiger partial charge in [-0.2, -0.15) is 0 Å². The van der Waals surface area contributed by atoms with Crippen LogP contribution in [0, 0.1) is 0 Å². The van der Waals surface area contributed by atoms with Gasteiger partial charge in [-0.1, -0.05) is 0 Å². The molecule has 2 fully saturated rings. The summed E-state index contributed by atoms with van der Waals surface area (Å²) in [5.74, 6) is 0. The summed E-state index contributed by atoms with van der Waals surface area (Å²) >= 11 is 0. The molecule has 0 spiro atoms. The second kappa shape index (κ2) is 6.80. The lowest BCUT2D eigenvalue weighted by Gasteiger charge is -2.36. The summed E-state index contributed by atoms with van der Waals surface area (Å²) in [6, 6.07) is 1.27. The third-order valence-electron chi connectivity index (χ3n) is 3.42. The fraction of sp³-hybridized carbons (Fsp3) is 1.00. The Bertz CT molecular complexity index is 187. The van der Waals surface area contributed by atoms with Crippen LogP contribution in [0.3, 0.4) is 0 Å². The zero-order valence-corrected chi connectivity index (χ0v) is 11.3. The van der Waals surface area contributed by atoms with Crippen LogP contribution in [0.1, 0.15) is 33.1 Å². The highest BCUT2D eigenvalue weighted by atomic mass is 35.5. The Morgan fingerprint density at radius 2 is 1.94 bits per heavy atom. The van der Waals surface area contributed by atoms with E-state index in [4.69, 9.17) is 4.74 Å². The highest BCUT2D eigenvalue weighted by Gasteiger charge is 2.22. The number of rotatable bonds is 3. The van der Waals surface area contributed by atoms with E-state index < -0.39 is 0 Å². The van der Waals surface area contributed by atoms with Gasteiger partial charge in [-0.25, -0.2) is 0 Å². The van der Waals surface area contributed by atoms with Crippen molar-refractivity contribution < 1.29 is 4.74 Å². The lowest BCUT2D eigenvalue weighted by atomic mass is 10.1. The Morgan fingerprint density at radius 3 is 2.50 bits per heavy atom. The minimum Gasteiger partial charge on any atom is -0.378 e. The van der Waals surface area contributed by atoms with Crippen LogP contribution in [0.2, 0.25) is 0 Å². The number of hydrogen-bond donors (Lipinski definition) is 1. The largest absolute Gasteiger partial charge is 0.378 e. The number of nitrogens with one attached hydrogen (secondary N) is 1. The van der Waals surface area contributed by atoms with Crippen molar-refractivity contribution in [1.29, 1.82) is 0 Å². The molecule has 96 valence electrons. The van der Waals surface area contributed by atoms with Crippen molar-refractivity contribution in [1.82, 2.24) is 10.2 Å². The molecule has 2 heterocycles. The second-order valence-corrected chi connectivity index (χ2v) is 5.15. The van der Waals surface area contributed by atoms with Gasteiger partial charge >= 0.3 is 0 Å². The number of halogens is 1. The molecule has 2 rings (SSSR count). The van der Waals surface area contributed by atoms with Crippen molar-refractivity contribution in [2.45, 2.75) is 51.3 Å². The van der Waals surface area contributed by atoms with Crippen LogP contribution in [0.4, 0.5) is 0 Å². The average molecular weight is 249 g/mol. The normalized spacial score (nSPS) is 36.0. The number of piperazine rings is 1. The molecule has 1 N–H and O–H groups in total. The van der Waals surface area contributed by atoms with Crippen LogP contribution in [0.25, 0.3) is 0 Å².